The Morgan fingerprint density at radius 3 is 2.35 bits per heavy atom. The van der Waals surface area contributed by atoms with Crippen LogP contribution in [0.2, 0.25) is 0 Å². The third-order valence-corrected chi connectivity index (χ3v) is 6.66. The third kappa shape index (κ3) is 7.32. The minimum absolute atomic E-state index is 0.0530. The van der Waals surface area contributed by atoms with Crippen LogP contribution in [-0.4, -0.2) is 72.8 Å². The highest BCUT2D eigenvalue weighted by molar-refractivity contribution is 6.06. The van der Waals surface area contributed by atoms with Crippen molar-refractivity contribution >= 4 is 17.7 Å². The van der Waals surface area contributed by atoms with Gasteiger partial charge in [0.1, 0.15) is 11.5 Å². The average molecular weight is 552 g/mol. The number of aromatic amines is 1. The summed E-state index contributed by atoms with van der Waals surface area (Å²) < 4.78 is 0. The summed E-state index contributed by atoms with van der Waals surface area (Å²) in [5.74, 6) is -0.790. The molecule has 3 aromatic rings. The van der Waals surface area contributed by atoms with Crippen molar-refractivity contribution < 1.29 is 24.9 Å². The maximum Gasteiger partial charge on any atom is 0.407 e. The molecule has 10 heteroatoms. The number of benzene rings is 2. The van der Waals surface area contributed by atoms with Gasteiger partial charge >= 0.3 is 6.09 Å². The summed E-state index contributed by atoms with van der Waals surface area (Å²) in [6, 6.07) is 10.5. The number of carbonyl (C=O) groups is 2. The van der Waals surface area contributed by atoms with Gasteiger partial charge in [-0.2, -0.15) is 0 Å². The van der Waals surface area contributed by atoms with E-state index in [-0.39, 0.29) is 17.8 Å². The molecule has 0 radical (unpaired) electrons. The minimum Gasteiger partial charge on any atom is -0.504 e. The van der Waals surface area contributed by atoms with E-state index in [0.717, 1.165) is 12.8 Å². The Balaban J connectivity index is 2.07. The number of imidazole rings is 1. The Morgan fingerprint density at radius 1 is 1.10 bits per heavy atom. The van der Waals surface area contributed by atoms with Gasteiger partial charge in [-0.1, -0.05) is 50.1 Å². The van der Waals surface area contributed by atoms with E-state index in [1.54, 1.807) is 6.07 Å². The van der Waals surface area contributed by atoms with Gasteiger partial charge in [-0.15, -0.1) is 0 Å². The molecule has 3 rings (SSSR count). The number of hydrogen-bond donors (Lipinski definition) is 5. The van der Waals surface area contributed by atoms with Crippen molar-refractivity contribution in [2.75, 3.05) is 19.4 Å². The van der Waals surface area contributed by atoms with Crippen LogP contribution in [0.5, 0.6) is 11.5 Å². The molecule has 5 N–H and O–H groups in total. The predicted molar refractivity (Wildman–Crippen MR) is 156 cm³/mol. The summed E-state index contributed by atoms with van der Waals surface area (Å²) in [4.78, 5) is 36.0. The van der Waals surface area contributed by atoms with Gasteiger partial charge in [0.15, 0.2) is 11.5 Å². The molecule has 0 aliphatic rings. The van der Waals surface area contributed by atoms with Crippen LogP contribution in [0, 0.1) is 0 Å². The van der Waals surface area contributed by atoms with Gasteiger partial charge in [0.05, 0.1) is 18.4 Å². The van der Waals surface area contributed by atoms with Crippen molar-refractivity contribution in [3.63, 3.8) is 0 Å². The summed E-state index contributed by atoms with van der Waals surface area (Å²) in [7, 11) is 3.78. The highest BCUT2D eigenvalue weighted by Crippen LogP contribution is 2.45. The number of carboxylic acid groups (broad SMARTS) is 1. The fourth-order valence-corrected chi connectivity index (χ4v) is 4.89. The lowest BCUT2D eigenvalue weighted by Crippen LogP contribution is -2.52. The van der Waals surface area contributed by atoms with E-state index >= 15 is 0 Å². The summed E-state index contributed by atoms with van der Waals surface area (Å²) >= 11 is 0. The molecule has 0 saturated heterocycles. The summed E-state index contributed by atoms with van der Waals surface area (Å²) in [6.07, 6.45) is 2.84. The second-order valence-corrected chi connectivity index (χ2v) is 11.3. The molecule has 1 heterocycles. The number of phenols is 2. The molecule has 1 atom stereocenters. The molecular weight excluding hydrogens is 510 g/mol. The quantitative estimate of drug-likeness (QED) is 0.193. The fourth-order valence-electron chi connectivity index (χ4n) is 4.89. The molecule has 216 valence electrons. The van der Waals surface area contributed by atoms with E-state index in [4.69, 9.17) is 0 Å². The van der Waals surface area contributed by atoms with Gasteiger partial charge < -0.3 is 35.4 Å². The molecule has 0 spiro atoms. The van der Waals surface area contributed by atoms with Gasteiger partial charge in [0.2, 0.25) is 0 Å². The lowest BCUT2D eigenvalue weighted by atomic mass is 9.91. The Labute approximate surface area is 235 Å². The van der Waals surface area contributed by atoms with Crippen LogP contribution in [0.3, 0.4) is 0 Å². The number of phenolic OH excluding ortho intramolecular Hbond substituents is 2. The first kappa shape index (κ1) is 30.5. The van der Waals surface area contributed by atoms with Crippen LogP contribution >= 0.6 is 0 Å². The monoisotopic (exact) mass is 551 g/mol. The fraction of sp³-hybridized carbons (Fsp3) is 0.433. The van der Waals surface area contributed by atoms with E-state index in [1.807, 2.05) is 77.0 Å². The van der Waals surface area contributed by atoms with Crippen molar-refractivity contribution in [2.45, 2.75) is 71.5 Å². The standard InChI is InChI=1S/C30H41N5O5/c1-7-8-14-21(35(29(39)40)30(2,3)4)15-20-16-22(19-12-10-9-11-13-19)25(27(37)26(20)36)33-28(38)23-17-31-24(32-23)18-34(5)6/h9-13,16-17,21,36-37H,7-8,14-15,18H2,1-6H3,(H,31,32)(H,33,38)(H,39,40)/t21-/m0/s1. The number of unbranched alkanes of at least 4 members (excludes halogenated alkanes) is 1. The molecule has 0 unspecified atom stereocenters. The second-order valence-electron chi connectivity index (χ2n) is 11.3. The van der Waals surface area contributed by atoms with Crippen LogP contribution < -0.4 is 5.32 Å². The first-order chi connectivity index (χ1) is 18.8. The van der Waals surface area contributed by atoms with Crippen molar-refractivity contribution in [3.05, 3.63) is 59.7 Å². The summed E-state index contributed by atoms with van der Waals surface area (Å²) in [5, 5.41) is 35.2. The lowest BCUT2D eigenvalue weighted by molar-refractivity contribution is 0.0660. The number of rotatable bonds is 11. The zero-order valence-electron chi connectivity index (χ0n) is 24.2. The van der Waals surface area contributed by atoms with E-state index < -0.39 is 35.1 Å². The summed E-state index contributed by atoms with van der Waals surface area (Å²) in [5.41, 5.74) is 1.19. The zero-order chi connectivity index (χ0) is 29.6. The summed E-state index contributed by atoms with van der Waals surface area (Å²) in [6.45, 7) is 8.07. The largest absolute Gasteiger partial charge is 0.504 e. The lowest BCUT2D eigenvalue weighted by Gasteiger charge is -2.40. The van der Waals surface area contributed by atoms with Gasteiger partial charge in [-0.3, -0.25) is 4.79 Å². The number of nitrogens with zero attached hydrogens (tertiary/aromatic N) is 3. The number of anilines is 1. The molecule has 0 fully saturated rings. The number of carbonyl (C=O) groups excluding carboxylic acids is 1. The smallest absolute Gasteiger partial charge is 0.407 e. The van der Waals surface area contributed by atoms with Crippen LogP contribution in [0.25, 0.3) is 11.1 Å². The van der Waals surface area contributed by atoms with Gasteiger partial charge in [-0.05, 0) is 59.3 Å². The van der Waals surface area contributed by atoms with E-state index in [9.17, 15) is 24.9 Å². The number of hydrogen-bond acceptors (Lipinski definition) is 6. The topological polar surface area (TPSA) is 142 Å². The maximum atomic E-state index is 13.2. The van der Waals surface area contributed by atoms with Crippen molar-refractivity contribution in [3.8, 4) is 22.6 Å². The Hall–Kier alpha value is -4.05. The van der Waals surface area contributed by atoms with Gasteiger partial charge in [-0.25, -0.2) is 9.78 Å². The molecule has 0 aliphatic heterocycles. The molecular formula is C30H41N5O5. The normalized spacial score (nSPS) is 12.4. The zero-order valence-corrected chi connectivity index (χ0v) is 24.2. The number of H-pyrrole nitrogens is 1. The van der Waals surface area contributed by atoms with Crippen molar-refractivity contribution in [2.24, 2.45) is 0 Å². The van der Waals surface area contributed by atoms with Gasteiger partial charge in [0, 0.05) is 22.7 Å². The Morgan fingerprint density at radius 2 is 1.77 bits per heavy atom. The van der Waals surface area contributed by atoms with Gasteiger partial charge in [0.25, 0.3) is 5.91 Å². The molecule has 0 bridgehead atoms. The minimum atomic E-state index is -1.04. The number of aromatic nitrogens is 2. The molecule has 2 amide bonds. The van der Waals surface area contributed by atoms with Crippen molar-refractivity contribution in [1.29, 1.82) is 0 Å². The SMILES string of the molecule is CCCC[C@@H](Cc1cc(-c2ccccc2)c(NC(=O)c2cnc(CN(C)C)[nH]2)c(O)c1O)N(C(=O)O)C(C)(C)C. The number of aromatic hydroxyl groups is 2. The van der Waals surface area contributed by atoms with Crippen LogP contribution in [0.4, 0.5) is 10.5 Å². The van der Waals surface area contributed by atoms with E-state index in [1.165, 1.54) is 11.1 Å². The van der Waals surface area contributed by atoms with E-state index in [0.29, 0.717) is 35.5 Å². The molecule has 1 aromatic heterocycles. The van der Waals surface area contributed by atoms with Crippen LogP contribution in [-0.2, 0) is 13.0 Å². The molecule has 0 saturated carbocycles. The molecule has 10 nitrogen and oxygen atoms in total. The molecule has 0 aliphatic carbocycles. The first-order valence-corrected chi connectivity index (χ1v) is 13.5. The Bertz CT molecular complexity index is 1310. The predicted octanol–water partition coefficient (Wildman–Crippen LogP) is 5.68. The highest BCUT2D eigenvalue weighted by atomic mass is 16.4. The molecule has 2 aromatic carbocycles. The van der Waals surface area contributed by atoms with E-state index in [2.05, 4.69) is 15.3 Å². The van der Waals surface area contributed by atoms with Crippen molar-refractivity contribution in [1.82, 2.24) is 19.8 Å². The molecule has 40 heavy (non-hydrogen) atoms. The Kier molecular flexibility index (Phi) is 9.81. The maximum absolute atomic E-state index is 13.2. The second kappa shape index (κ2) is 12.9. The number of nitrogens with one attached hydrogen (secondary N) is 2. The third-order valence-electron chi connectivity index (χ3n) is 6.66. The number of amides is 2. The van der Waals surface area contributed by atoms with Crippen LogP contribution in [0.1, 0.15) is 68.8 Å². The first-order valence-electron chi connectivity index (χ1n) is 13.5. The average Bonchev–Trinajstić information content (AvgIpc) is 3.34. The highest BCUT2D eigenvalue weighted by Gasteiger charge is 2.34. The van der Waals surface area contributed by atoms with Crippen LogP contribution in [0.15, 0.2) is 42.6 Å².